The second-order valence-electron chi connectivity index (χ2n) is 7.03. The SMILES string of the molecule is O=C(NCCC1CCCCN1S(=O)(=O)c1ccc(F)cc1)C(=O)NCc1cccs1. The molecule has 2 aromatic rings. The lowest BCUT2D eigenvalue weighted by Gasteiger charge is -2.34. The number of nitrogens with one attached hydrogen (secondary N) is 2. The Bertz CT molecular complexity index is 962. The Morgan fingerprint density at radius 1 is 1.10 bits per heavy atom. The predicted molar refractivity (Wildman–Crippen MR) is 112 cm³/mol. The molecule has 0 radical (unpaired) electrons. The fourth-order valence-electron chi connectivity index (χ4n) is 3.41. The van der Waals surface area contributed by atoms with E-state index in [0.717, 1.165) is 29.9 Å². The zero-order chi connectivity index (χ0) is 21.6. The van der Waals surface area contributed by atoms with Gasteiger partial charge in [0, 0.05) is 24.0 Å². The fraction of sp³-hybridized carbons (Fsp3) is 0.400. The Labute approximate surface area is 179 Å². The maximum atomic E-state index is 13.2. The standard InChI is InChI=1S/C20H24FN3O4S2/c21-15-6-8-18(9-7-15)30(27,28)24-12-2-1-4-16(24)10-11-22-19(25)20(26)23-14-17-5-3-13-29-17/h3,5-9,13,16H,1-2,4,10-12,14H2,(H,22,25)(H,23,26). The van der Waals surface area contributed by atoms with Crippen molar-refractivity contribution >= 4 is 33.2 Å². The lowest BCUT2D eigenvalue weighted by atomic mass is 10.0. The molecule has 1 aliphatic rings. The molecule has 2 amide bonds. The summed E-state index contributed by atoms with van der Waals surface area (Å²) in [6, 6.07) is 8.21. The number of hydrogen-bond donors (Lipinski definition) is 2. The zero-order valence-corrected chi connectivity index (χ0v) is 18.0. The normalized spacial score (nSPS) is 17.4. The van der Waals surface area contributed by atoms with Crippen LogP contribution in [0.15, 0.2) is 46.7 Å². The quantitative estimate of drug-likeness (QED) is 0.629. The number of carbonyl (C=O) groups is 2. The van der Waals surface area contributed by atoms with Gasteiger partial charge in [0.15, 0.2) is 0 Å². The number of halogens is 1. The first-order valence-electron chi connectivity index (χ1n) is 9.74. The van der Waals surface area contributed by atoms with Gasteiger partial charge in [0.25, 0.3) is 0 Å². The van der Waals surface area contributed by atoms with E-state index in [4.69, 9.17) is 0 Å². The fourth-order valence-corrected chi connectivity index (χ4v) is 5.78. The van der Waals surface area contributed by atoms with Crippen molar-refractivity contribution in [2.45, 2.75) is 43.2 Å². The summed E-state index contributed by atoms with van der Waals surface area (Å²) in [6.45, 7) is 0.848. The maximum absolute atomic E-state index is 13.2. The van der Waals surface area contributed by atoms with Crippen LogP contribution in [0.3, 0.4) is 0 Å². The molecule has 0 aliphatic carbocycles. The highest BCUT2D eigenvalue weighted by atomic mass is 32.2. The third-order valence-corrected chi connectivity index (χ3v) is 7.81. The van der Waals surface area contributed by atoms with Crippen molar-refractivity contribution in [3.05, 3.63) is 52.5 Å². The second-order valence-corrected chi connectivity index (χ2v) is 9.95. The van der Waals surface area contributed by atoms with Crippen LogP contribution in [-0.4, -0.2) is 43.7 Å². The summed E-state index contributed by atoms with van der Waals surface area (Å²) in [7, 11) is -3.75. The summed E-state index contributed by atoms with van der Waals surface area (Å²) in [4.78, 5) is 24.9. The minimum Gasteiger partial charge on any atom is -0.348 e. The van der Waals surface area contributed by atoms with E-state index in [9.17, 15) is 22.4 Å². The van der Waals surface area contributed by atoms with Gasteiger partial charge in [-0.1, -0.05) is 12.5 Å². The Balaban J connectivity index is 1.53. The third-order valence-electron chi connectivity index (χ3n) is 4.97. The highest BCUT2D eigenvalue weighted by molar-refractivity contribution is 7.89. The van der Waals surface area contributed by atoms with Crippen LogP contribution >= 0.6 is 11.3 Å². The van der Waals surface area contributed by atoms with E-state index < -0.39 is 27.7 Å². The Morgan fingerprint density at radius 2 is 1.83 bits per heavy atom. The minimum absolute atomic E-state index is 0.0489. The topological polar surface area (TPSA) is 95.6 Å². The van der Waals surface area contributed by atoms with Gasteiger partial charge >= 0.3 is 11.8 Å². The van der Waals surface area contributed by atoms with E-state index in [0.29, 0.717) is 19.4 Å². The molecule has 1 fully saturated rings. The van der Waals surface area contributed by atoms with E-state index in [2.05, 4.69) is 10.6 Å². The van der Waals surface area contributed by atoms with Crippen LogP contribution in [-0.2, 0) is 26.2 Å². The van der Waals surface area contributed by atoms with E-state index >= 15 is 0 Å². The molecule has 1 saturated heterocycles. The average molecular weight is 454 g/mol. The van der Waals surface area contributed by atoms with Gasteiger partial charge in [-0.3, -0.25) is 9.59 Å². The lowest BCUT2D eigenvalue weighted by molar-refractivity contribution is -0.139. The molecule has 0 bridgehead atoms. The van der Waals surface area contributed by atoms with Crippen molar-refractivity contribution in [3.8, 4) is 0 Å². The summed E-state index contributed by atoms with van der Waals surface area (Å²) < 4.78 is 40.5. The van der Waals surface area contributed by atoms with Crippen LogP contribution in [0.2, 0.25) is 0 Å². The van der Waals surface area contributed by atoms with Crippen molar-refractivity contribution in [3.63, 3.8) is 0 Å². The van der Waals surface area contributed by atoms with Gasteiger partial charge in [-0.2, -0.15) is 4.31 Å². The van der Waals surface area contributed by atoms with Gasteiger partial charge in [-0.15, -0.1) is 11.3 Å². The average Bonchev–Trinajstić information content (AvgIpc) is 3.26. The molecule has 1 aromatic heterocycles. The van der Waals surface area contributed by atoms with Gasteiger partial charge in [-0.25, -0.2) is 12.8 Å². The van der Waals surface area contributed by atoms with E-state index in [1.807, 2.05) is 17.5 Å². The molecule has 7 nitrogen and oxygen atoms in total. The molecule has 0 spiro atoms. The highest BCUT2D eigenvalue weighted by Crippen LogP contribution is 2.27. The number of amides is 2. The first kappa shape index (κ1) is 22.4. The molecule has 30 heavy (non-hydrogen) atoms. The maximum Gasteiger partial charge on any atom is 0.309 e. The number of piperidine rings is 1. The summed E-state index contributed by atoms with van der Waals surface area (Å²) in [6.07, 6.45) is 2.69. The van der Waals surface area contributed by atoms with Crippen LogP contribution in [0.1, 0.15) is 30.6 Å². The Morgan fingerprint density at radius 3 is 2.53 bits per heavy atom. The number of hydrogen-bond acceptors (Lipinski definition) is 5. The summed E-state index contributed by atoms with van der Waals surface area (Å²) in [5, 5.41) is 7.00. The van der Waals surface area contributed by atoms with Gasteiger partial charge in [0.05, 0.1) is 11.4 Å². The molecular weight excluding hydrogens is 429 g/mol. The molecule has 10 heteroatoms. The van der Waals surface area contributed by atoms with Gasteiger partial charge in [0.1, 0.15) is 5.82 Å². The van der Waals surface area contributed by atoms with Crippen LogP contribution in [0, 0.1) is 5.82 Å². The van der Waals surface area contributed by atoms with Crippen LogP contribution in [0.25, 0.3) is 0 Å². The number of nitrogens with zero attached hydrogens (tertiary/aromatic N) is 1. The number of benzene rings is 1. The molecular formula is C20H24FN3O4S2. The summed E-state index contributed by atoms with van der Waals surface area (Å²) in [5.74, 6) is -1.96. The minimum atomic E-state index is -3.75. The lowest BCUT2D eigenvalue weighted by Crippen LogP contribution is -2.46. The van der Waals surface area contributed by atoms with Gasteiger partial charge < -0.3 is 10.6 Å². The second kappa shape index (κ2) is 10.1. The van der Waals surface area contributed by atoms with Crippen molar-refractivity contribution < 1.29 is 22.4 Å². The monoisotopic (exact) mass is 453 g/mol. The van der Waals surface area contributed by atoms with E-state index in [1.165, 1.54) is 27.8 Å². The predicted octanol–water partition coefficient (Wildman–Crippen LogP) is 2.25. The van der Waals surface area contributed by atoms with Crippen molar-refractivity contribution in [1.29, 1.82) is 0 Å². The zero-order valence-electron chi connectivity index (χ0n) is 16.3. The van der Waals surface area contributed by atoms with E-state index in [-0.39, 0.29) is 24.0 Å². The molecule has 2 heterocycles. The first-order chi connectivity index (χ1) is 14.4. The number of sulfonamides is 1. The number of rotatable bonds is 7. The van der Waals surface area contributed by atoms with Gasteiger partial charge in [-0.05, 0) is 55.0 Å². The van der Waals surface area contributed by atoms with E-state index in [1.54, 1.807) is 0 Å². The number of thiophene rings is 1. The van der Waals surface area contributed by atoms with Crippen LogP contribution in [0.4, 0.5) is 4.39 Å². The molecule has 1 aliphatic heterocycles. The van der Waals surface area contributed by atoms with Crippen LogP contribution in [0.5, 0.6) is 0 Å². The molecule has 1 atom stereocenters. The van der Waals surface area contributed by atoms with Gasteiger partial charge in [0.2, 0.25) is 10.0 Å². The third kappa shape index (κ3) is 5.65. The smallest absolute Gasteiger partial charge is 0.309 e. The Hall–Kier alpha value is -2.30. The molecule has 2 N–H and O–H groups in total. The molecule has 1 unspecified atom stereocenters. The largest absolute Gasteiger partial charge is 0.348 e. The van der Waals surface area contributed by atoms with Crippen molar-refractivity contribution in [1.82, 2.24) is 14.9 Å². The van der Waals surface area contributed by atoms with Crippen molar-refractivity contribution in [2.24, 2.45) is 0 Å². The highest BCUT2D eigenvalue weighted by Gasteiger charge is 2.33. The number of carbonyl (C=O) groups excluding carboxylic acids is 2. The van der Waals surface area contributed by atoms with Crippen LogP contribution < -0.4 is 10.6 Å². The molecule has 3 rings (SSSR count). The summed E-state index contributed by atoms with van der Waals surface area (Å²) in [5.41, 5.74) is 0. The summed E-state index contributed by atoms with van der Waals surface area (Å²) >= 11 is 1.49. The molecule has 162 valence electrons. The van der Waals surface area contributed by atoms with Crippen molar-refractivity contribution in [2.75, 3.05) is 13.1 Å². The Kier molecular flexibility index (Phi) is 7.57. The molecule has 1 aromatic carbocycles. The first-order valence-corrected chi connectivity index (χ1v) is 12.1. The molecule has 0 saturated carbocycles.